The van der Waals surface area contributed by atoms with E-state index < -0.39 is 25.4 Å². The average Bonchev–Trinajstić information content (AvgIpc) is 3.52. The van der Waals surface area contributed by atoms with Gasteiger partial charge in [-0.25, -0.2) is 0 Å². The predicted octanol–water partition coefficient (Wildman–Crippen LogP) is -3.92. The van der Waals surface area contributed by atoms with Crippen molar-refractivity contribution in [2.45, 2.75) is 12.2 Å². The molecule has 0 aromatic rings. The van der Waals surface area contributed by atoms with Crippen LogP contribution in [0.25, 0.3) is 0 Å². The number of aliphatic hydroxyl groups excluding tert-OH is 4. The van der Waals surface area contributed by atoms with E-state index in [-0.39, 0.29) is 47.4 Å². The van der Waals surface area contributed by atoms with Gasteiger partial charge in [-0.05, 0) is 0 Å². The zero-order chi connectivity index (χ0) is 18.8. The van der Waals surface area contributed by atoms with Crippen molar-refractivity contribution >= 4 is 11.6 Å². The van der Waals surface area contributed by atoms with Gasteiger partial charge in [-0.2, -0.15) is 0 Å². The quantitative estimate of drug-likeness (QED) is 0.167. The van der Waals surface area contributed by atoms with E-state index in [4.69, 9.17) is 10.2 Å². The number of nitrogens with zero attached hydrogens (tertiary/aromatic N) is 2. The largest absolute Gasteiger partial charge is 0.394 e. The van der Waals surface area contributed by atoms with Gasteiger partial charge in [-0.15, -0.1) is 0 Å². The lowest BCUT2D eigenvalue weighted by molar-refractivity contribution is -0.118. The van der Waals surface area contributed by atoms with Gasteiger partial charge in [0.25, 0.3) is 0 Å². The minimum atomic E-state index is -1.05. The molecule has 2 heterocycles. The molecular formula is C16H24N4O6. The summed E-state index contributed by atoms with van der Waals surface area (Å²) in [5.41, 5.74) is 0.698. The summed E-state index contributed by atoms with van der Waals surface area (Å²) >= 11 is 0. The molecule has 2 atom stereocenters. The van der Waals surface area contributed by atoms with E-state index in [1.807, 2.05) is 0 Å². The molecule has 26 heavy (non-hydrogen) atoms. The molecule has 10 nitrogen and oxygen atoms in total. The van der Waals surface area contributed by atoms with Crippen LogP contribution in [0.15, 0.2) is 22.8 Å². The third kappa shape index (κ3) is 3.83. The topological polar surface area (TPSA) is 145 Å². The number of hydrogen-bond donors (Lipinski definition) is 6. The minimum Gasteiger partial charge on any atom is -0.394 e. The van der Waals surface area contributed by atoms with E-state index in [9.17, 15) is 19.8 Å². The zero-order valence-corrected chi connectivity index (χ0v) is 14.3. The molecule has 2 aliphatic heterocycles. The van der Waals surface area contributed by atoms with Gasteiger partial charge in [0.2, 0.25) is 11.6 Å². The van der Waals surface area contributed by atoms with Crippen LogP contribution in [-0.4, -0.2) is 106 Å². The molecule has 0 aromatic heterocycles. The molecule has 3 aliphatic rings. The van der Waals surface area contributed by atoms with E-state index in [0.717, 1.165) is 0 Å². The van der Waals surface area contributed by atoms with Crippen LogP contribution in [0.4, 0.5) is 0 Å². The molecule has 3 rings (SSSR count). The van der Waals surface area contributed by atoms with Gasteiger partial charge in [0.05, 0.1) is 25.4 Å². The molecule has 2 saturated heterocycles. The Labute approximate surface area is 150 Å². The predicted molar refractivity (Wildman–Crippen MR) is 89.4 cm³/mol. The number of Topliss-reactive ketones (excluding diaryl/α,β-unsaturated/α-hetero) is 2. The Morgan fingerprint density at radius 2 is 1.12 bits per heavy atom. The van der Waals surface area contributed by atoms with E-state index in [0.29, 0.717) is 26.2 Å². The molecule has 0 unspecified atom stereocenters. The van der Waals surface area contributed by atoms with Crippen molar-refractivity contribution in [3.8, 4) is 0 Å². The number of hydrogen-bond acceptors (Lipinski definition) is 10. The molecule has 2 fully saturated rings. The van der Waals surface area contributed by atoms with Crippen LogP contribution in [-0.2, 0) is 9.59 Å². The normalized spacial score (nSPS) is 22.0. The Kier molecular flexibility index (Phi) is 5.47. The molecule has 1 aliphatic carbocycles. The maximum Gasteiger partial charge on any atom is 0.229 e. The van der Waals surface area contributed by atoms with Crippen LogP contribution in [0, 0.1) is 0 Å². The van der Waals surface area contributed by atoms with Gasteiger partial charge in [0, 0.05) is 39.3 Å². The van der Waals surface area contributed by atoms with Gasteiger partial charge < -0.3 is 40.9 Å². The number of aliphatic hydroxyl groups is 4. The lowest BCUT2D eigenvalue weighted by Crippen LogP contribution is -2.43. The number of nitrogens with one attached hydrogen (secondary N) is 2. The van der Waals surface area contributed by atoms with Crippen LogP contribution in [0.2, 0.25) is 0 Å². The Morgan fingerprint density at radius 1 is 0.769 bits per heavy atom. The van der Waals surface area contributed by atoms with Gasteiger partial charge in [0.1, 0.15) is 22.8 Å². The molecule has 0 bridgehead atoms. The van der Waals surface area contributed by atoms with Crippen molar-refractivity contribution in [1.29, 1.82) is 0 Å². The highest BCUT2D eigenvalue weighted by atomic mass is 16.3. The van der Waals surface area contributed by atoms with E-state index in [1.165, 1.54) is 0 Å². The summed E-state index contributed by atoms with van der Waals surface area (Å²) in [7, 11) is 0. The molecule has 0 radical (unpaired) electrons. The maximum absolute atomic E-state index is 13.0. The van der Waals surface area contributed by atoms with Gasteiger partial charge >= 0.3 is 0 Å². The van der Waals surface area contributed by atoms with Gasteiger partial charge in [0.15, 0.2) is 0 Å². The number of ketones is 2. The Bertz CT molecular complexity index is 597. The fraction of sp³-hybridized carbons (Fsp3) is 0.625. The second kappa shape index (κ2) is 7.62. The number of rotatable bonds is 10. The summed E-state index contributed by atoms with van der Waals surface area (Å²) in [6.45, 7) is 1.57. The van der Waals surface area contributed by atoms with Crippen molar-refractivity contribution < 1.29 is 30.0 Å². The second-order valence-electron chi connectivity index (χ2n) is 6.51. The molecule has 10 heteroatoms. The van der Waals surface area contributed by atoms with Crippen molar-refractivity contribution in [3.05, 3.63) is 22.8 Å². The smallest absolute Gasteiger partial charge is 0.229 e. The SMILES string of the molecule is O=C1C(NC[C@H](O)CO)=C(N2CC2)C(=O)C(NC[C@H](O)CO)=C1N1CC1. The van der Waals surface area contributed by atoms with Crippen molar-refractivity contribution in [3.63, 3.8) is 0 Å². The lowest BCUT2D eigenvalue weighted by Gasteiger charge is -2.27. The monoisotopic (exact) mass is 368 g/mol. The average molecular weight is 368 g/mol. The van der Waals surface area contributed by atoms with Crippen LogP contribution < -0.4 is 10.6 Å². The number of carbonyl (C=O) groups is 2. The maximum atomic E-state index is 13.0. The fourth-order valence-electron chi connectivity index (χ4n) is 2.73. The summed E-state index contributed by atoms with van der Waals surface area (Å²) in [4.78, 5) is 29.5. The van der Waals surface area contributed by atoms with E-state index in [1.54, 1.807) is 9.80 Å². The highest BCUT2D eigenvalue weighted by Gasteiger charge is 2.44. The molecule has 0 amide bonds. The molecular weight excluding hydrogens is 344 g/mol. The van der Waals surface area contributed by atoms with Crippen molar-refractivity contribution in [2.24, 2.45) is 0 Å². The van der Waals surface area contributed by atoms with Crippen molar-refractivity contribution in [1.82, 2.24) is 20.4 Å². The highest BCUT2D eigenvalue weighted by molar-refractivity contribution is 6.24. The van der Waals surface area contributed by atoms with Crippen LogP contribution in [0.1, 0.15) is 0 Å². The Hall–Kier alpha value is -2.14. The Balaban J connectivity index is 1.89. The summed E-state index contributed by atoms with van der Waals surface area (Å²) in [5, 5.41) is 42.7. The second-order valence-corrected chi connectivity index (χ2v) is 6.51. The first-order valence-corrected chi connectivity index (χ1v) is 8.61. The molecule has 6 N–H and O–H groups in total. The molecule has 0 saturated carbocycles. The molecule has 0 spiro atoms. The first-order chi connectivity index (χ1) is 12.5. The summed E-state index contributed by atoms with van der Waals surface area (Å²) in [6.07, 6.45) is -2.09. The van der Waals surface area contributed by atoms with Gasteiger partial charge in [-0.1, -0.05) is 0 Å². The summed E-state index contributed by atoms with van der Waals surface area (Å²) in [5.74, 6) is -0.731. The van der Waals surface area contributed by atoms with Crippen LogP contribution >= 0.6 is 0 Å². The third-order valence-corrected chi connectivity index (χ3v) is 4.34. The highest BCUT2D eigenvalue weighted by Crippen LogP contribution is 2.32. The fourth-order valence-corrected chi connectivity index (χ4v) is 2.73. The standard InChI is InChI=1S/C16H24N4O6/c21-7-9(23)5-17-11-13(19-1-2-19)15(25)12(18-6-10(24)8-22)14(16(11)26)20-3-4-20/h9-10,17-18,21-24H,1-8H2/t9-,10-/m0/s1. The third-order valence-electron chi connectivity index (χ3n) is 4.34. The first-order valence-electron chi connectivity index (χ1n) is 8.61. The van der Waals surface area contributed by atoms with Crippen LogP contribution in [0.5, 0.6) is 0 Å². The van der Waals surface area contributed by atoms with Crippen molar-refractivity contribution in [2.75, 3.05) is 52.5 Å². The molecule has 0 aromatic carbocycles. The summed E-state index contributed by atoms with van der Waals surface area (Å²) < 4.78 is 0. The van der Waals surface area contributed by atoms with Gasteiger partial charge in [-0.3, -0.25) is 9.59 Å². The van der Waals surface area contributed by atoms with E-state index >= 15 is 0 Å². The lowest BCUT2D eigenvalue weighted by atomic mass is 9.98. The Morgan fingerprint density at radius 3 is 1.38 bits per heavy atom. The van der Waals surface area contributed by atoms with Crippen LogP contribution in [0.3, 0.4) is 0 Å². The molecule has 144 valence electrons. The summed E-state index contributed by atoms with van der Waals surface area (Å²) in [6, 6.07) is 0. The zero-order valence-electron chi connectivity index (χ0n) is 14.3. The number of carbonyl (C=O) groups excluding carboxylic acids is 2. The van der Waals surface area contributed by atoms with E-state index in [2.05, 4.69) is 10.6 Å². The first kappa shape index (κ1) is 18.6. The minimum absolute atomic E-state index is 0.0541.